The first-order chi connectivity index (χ1) is 12.5. The summed E-state index contributed by atoms with van der Waals surface area (Å²) in [5.74, 6) is 0. The van der Waals surface area contributed by atoms with Crippen LogP contribution in [0.5, 0.6) is 0 Å². The Labute approximate surface area is 166 Å². The summed E-state index contributed by atoms with van der Waals surface area (Å²) in [7, 11) is 0.765. The zero-order valence-corrected chi connectivity index (χ0v) is 20.6. The molecule has 0 aliphatic heterocycles. The third-order valence-electron chi connectivity index (χ3n) is 6.19. The van der Waals surface area contributed by atoms with E-state index in [9.17, 15) is 0 Å². The molecule has 0 atom stereocenters. The Morgan fingerprint density at radius 3 is 1.27 bits per heavy atom. The van der Waals surface area contributed by atoms with Crippen LogP contribution in [0.15, 0.2) is 0 Å². The van der Waals surface area contributed by atoms with Crippen molar-refractivity contribution in [2.24, 2.45) is 0 Å². The molecule has 0 unspecified atom stereocenters. The van der Waals surface area contributed by atoms with Gasteiger partial charge in [-0.3, -0.25) is 0 Å². The van der Waals surface area contributed by atoms with Crippen LogP contribution in [0.3, 0.4) is 0 Å². The van der Waals surface area contributed by atoms with Gasteiger partial charge in [0.05, 0.1) is 0 Å². The Morgan fingerprint density at radius 2 is 0.962 bits per heavy atom. The lowest BCUT2D eigenvalue weighted by Gasteiger charge is -2.38. The van der Waals surface area contributed by atoms with Crippen molar-refractivity contribution in [3.63, 3.8) is 0 Å². The monoisotopic (exact) mass is 404 g/mol. The molecule has 0 N–H and O–H groups in total. The van der Waals surface area contributed by atoms with Gasteiger partial charge >= 0.3 is 18.6 Å². The van der Waals surface area contributed by atoms with Crippen LogP contribution in [0.25, 0.3) is 0 Å². The molecule has 6 heteroatoms. The predicted molar refractivity (Wildman–Crippen MR) is 114 cm³/mol. The first kappa shape index (κ1) is 24.3. The van der Waals surface area contributed by atoms with E-state index >= 15 is 0 Å². The molecule has 26 heavy (non-hydrogen) atoms. The van der Waals surface area contributed by atoms with Crippen molar-refractivity contribution in [2.75, 3.05) is 27.4 Å². The van der Waals surface area contributed by atoms with Crippen LogP contribution in [-0.4, -0.2) is 46.0 Å². The topological polar surface area (TPSA) is 36.9 Å². The minimum absolute atomic E-state index is 0.391. The third-order valence-corrected chi connectivity index (χ3v) is 11.8. The molecule has 2 aliphatic carbocycles. The fourth-order valence-corrected chi connectivity index (χ4v) is 9.21. The van der Waals surface area contributed by atoms with Crippen molar-refractivity contribution in [1.29, 1.82) is 0 Å². The van der Waals surface area contributed by atoms with E-state index in [0.717, 1.165) is 13.2 Å². The van der Waals surface area contributed by atoms with E-state index in [-0.39, 0.29) is 0 Å². The molecular weight excluding hydrogens is 360 g/mol. The normalized spacial score (nSPS) is 22.2. The second-order valence-electron chi connectivity index (χ2n) is 8.48. The second-order valence-corrected chi connectivity index (χ2v) is 14.2. The third kappa shape index (κ3) is 7.36. The van der Waals surface area contributed by atoms with Crippen LogP contribution < -0.4 is 0 Å². The van der Waals surface area contributed by atoms with E-state index in [1.165, 1.54) is 64.2 Å². The summed E-state index contributed by atoms with van der Waals surface area (Å²) in [5, 5.41) is 0.784. The Hall–Kier alpha value is 0.274. The molecule has 0 spiro atoms. The number of hydrogen-bond donors (Lipinski definition) is 0. The van der Waals surface area contributed by atoms with Crippen LogP contribution in [0.1, 0.15) is 91.9 Å². The first-order valence-corrected chi connectivity index (χ1v) is 13.8. The van der Waals surface area contributed by atoms with Crippen LogP contribution in [-0.2, 0) is 17.7 Å². The first-order valence-electron chi connectivity index (χ1n) is 10.7. The molecule has 0 bridgehead atoms. The van der Waals surface area contributed by atoms with Crippen molar-refractivity contribution in [1.82, 2.24) is 0 Å². The summed E-state index contributed by atoms with van der Waals surface area (Å²) in [6.07, 6.45) is 13.4. The van der Waals surface area contributed by atoms with E-state index in [1.54, 1.807) is 14.2 Å². The van der Waals surface area contributed by atoms with Gasteiger partial charge in [0.2, 0.25) is 0 Å². The molecule has 0 saturated heterocycles. The number of rotatable bonds is 8. The lowest BCUT2D eigenvalue weighted by Crippen LogP contribution is -2.38. The van der Waals surface area contributed by atoms with Gasteiger partial charge < -0.3 is 17.7 Å². The van der Waals surface area contributed by atoms with Gasteiger partial charge in [0, 0.05) is 37.5 Å². The van der Waals surface area contributed by atoms with Crippen molar-refractivity contribution in [3.8, 4) is 0 Å². The molecule has 0 radical (unpaired) electrons. The van der Waals surface area contributed by atoms with Gasteiger partial charge in [-0.15, -0.1) is 0 Å². The largest absolute Gasteiger partial charge is 0.400 e. The summed E-state index contributed by atoms with van der Waals surface area (Å²) < 4.78 is 22.6. The molecule has 0 aromatic heterocycles. The van der Waals surface area contributed by atoms with E-state index in [2.05, 4.69) is 27.7 Å². The highest BCUT2D eigenvalue weighted by Gasteiger charge is 2.39. The predicted octanol–water partition coefficient (Wildman–Crippen LogP) is 5.23. The molecule has 2 aliphatic rings. The van der Waals surface area contributed by atoms with Crippen LogP contribution in [0.4, 0.5) is 0 Å². The van der Waals surface area contributed by atoms with Gasteiger partial charge in [-0.05, 0) is 39.5 Å². The zero-order chi connectivity index (χ0) is 19.5. The Morgan fingerprint density at radius 1 is 0.615 bits per heavy atom. The van der Waals surface area contributed by atoms with Crippen LogP contribution in [0.2, 0.25) is 10.1 Å². The maximum Gasteiger partial charge on any atom is 0.327 e. The fourth-order valence-electron chi connectivity index (χ4n) is 4.61. The van der Waals surface area contributed by atoms with Gasteiger partial charge in [0.15, 0.2) is 0 Å². The Bertz CT molecular complexity index is 346. The second kappa shape index (κ2) is 12.7. The van der Waals surface area contributed by atoms with Gasteiger partial charge in [0.25, 0.3) is 0 Å². The Balaban J connectivity index is 0.000000263. The summed E-state index contributed by atoms with van der Waals surface area (Å²) in [6.45, 7) is 10.5. The van der Waals surface area contributed by atoms with Crippen LogP contribution >= 0.6 is 0 Å². The molecule has 156 valence electrons. The molecule has 0 amide bonds. The lowest BCUT2D eigenvalue weighted by atomic mass is 9.90. The highest BCUT2D eigenvalue weighted by Crippen LogP contribution is 2.46. The molecule has 0 heterocycles. The van der Waals surface area contributed by atoms with Crippen molar-refractivity contribution in [2.45, 2.75) is 102 Å². The van der Waals surface area contributed by atoms with Gasteiger partial charge in [-0.2, -0.15) is 0 Å². The van der Waals surface area contributed by atoms with Crippen molar-refractivity contribution >= 4 is 18.6 Å². The fraction of sp³-hybridized carbons (Fsp3) is 1.00. The van der Waals surface area contributed by atoms with Crippen LogP contribution in [0, 0.1) is 0 Å². The van der Waals surface area contributed by atoms with Crippen molar-refractivity contribution in [3.05, 3.63) is 0 Å². The highest BCUT2D eigenvalue weighted by atomic mass is 28.3. The minimum Gasteiger partial charge on any atom is -0.400 e. The smallest absolute Gasteiger partial charge is 0.327 e. The van der Waals surface area contributed by atoms with E-state index in [4.69, 9.17) is 17.7 Å². The lowest BCUT2D eigenvalue weighted by molar-refractivity contribution is 0.172. The standard InChI is InChI=1S/C11H24O2Si.C9H20O2Si/c1-4-12-14(13-5-2)11(3)9-7-6-8-10-11;1-9(12(10-2)11-3)7-5-4-6-8-9/h14H,4-10H2,1-3H3;12H,4-8H2,1-3H3. The quantitative estimate of drug-likeness (QED) is 0.519. The molecule has 0 aromatic rings. The summed E-state index contributed by atoms with van der Waals surface area (Å²) >= 11 is 0. The molecule has 0 aromatic carbocycles. The Kier molecular flexibility index (Phi) is 11.9. The molecule has 4 nitrogen and oxygen atoms in total. The maximum atomic E-state index is 5.84. The zero-order valence-electron chi connectivity index (χ0n) is 18.3. The summed E-state index contributed by atoms with van der Waals surface area (Å²) in [6, 6.07) is 0. The molecule has 2 rings (SSSR count). The molecule has 2 saturated carbocycles. The van der Waals surface area contributed by atoms with E-state index in [1.807, 2.05) is 0 Å². The molecular formula is C20H44O4Si2. The average Bonchev–Trinajstić information content (AvgIpc) is 2.64. The SMILES string of the molecule is CCO[SiH](OCC)C1(C)CCCCC1.CO[SiH](OC)C1(C)CCCCC1. The summed E-state index contributed by atoms with van der Waals surface area (Å²) in [5.41, 5.74) is 0. The van der Waals surface area contributed by atoms with E-state index in [0.29, 0.717) is 10.1 Å². The maximum absolute atomic E-state index is 5.84. The van der Waals surface area contributed by atoms with Gasteiger partial charge in [-0.25, -0.2) is 0 Å². The van der Waals surface area contributed by atoms with Crippen molar-refractivity contribution < 1.29 is 17.7 Å². The molecule has 2 fully saturated rings. The minimum atomic E-state index is -1.43. The highest BCUT2D eigenvalue weighted by molar-refractivity contribution is 6.48. The van der Waals surface area contributed by atoms with E-state index < -0.39 is 18.6 Å². The average molecular weight is 405 g/mol. The summed E-state index contributed by atoms with van der Waals surface area (Å²) in [4.78, 5) is 0. The van der Waals surface area contributed by atoms with Gasteiger partial charge in [-0.1, -0.05) is 52.4 Å². The van der Waals surface area contributed by atoms with Gasteiger partial charge in [0.1, 0.15) is 0 Å². The number of hydrogen-bond acceptors (Lipinski definition) is 4.